The van der Waals surface area contributed by atoms with Gasteiger partial charge in [0.2, 0.25) is 0 Å². The molecule has 0 fully saturated rings. The summed E-state index contributed by atoms with van der Waals surface area (Å²) in [5, 5.41) is 36.2. The van der Waals surface area contributed by atoms with Crippen molar-refractivity contribution in [3.05, 3.63) is 0 Å². The Morgan fingerprint density at radius 2 is 0.733 bits per heavy atom. The van der Waals surface area contributed by atoms with Crippen LogP contribution in [0.2, 0.25) is 0 Å². The molecule has 0 bridgehead atoms. The van der Waals surface area contributed by atoms with Crippen molar-refractivity contribution in [2.45, 2.75) is 0 Å². The molecule has 0 aromatic rings. The van der Waals surface area contributed by atoms with Crippen molar-refractivity contribution < 1.29 is 49.1 Å². The van der Waals surface area contributed by atoms with Gasteiger partial charge in [0.05, 0.1) is 0 Å². The summed E-state index contributed by atoms with van der Waals surface area (Å²) in [6.45, 7) is 0. The summed E-state index contributed by atoms with van der Waals surface area (Å²) in [6.07, 6.45) is -8.50. The Kier molecular flexibility index (Phi) is 12.0. The van der Waals surface area contributed by atoms with Crippen LogP contribution in [0.5, 0.6) is 0 Å². The third-order valence-corrected chi connectivity index (χ3v) is 0.333. The molecule has 0 saturated heterocycles. The van der Waals surface area contributed by atoms with Gasteiger partial charge in [-0.3, -0.25) is 0 Å². The number of hydrogen-bond donors (Lipinski definition) is 0. The van der Waals surface area contributed by atoms with E-state index in [2.05, 4.69) is 9.47 Å². The summed E-state index contributed by atoms with van der Waals surface area (Å²) in [7, 11) is 0. The maximum absolute atomic E-state index is 9.06. The molecule has 11 heteroatoms. The topological polar surface area (TPSA) is 179 Å². The normalized spacial score (nSPS) is 6.93. The van der Waals surface area contributed by atoms with Crippen LogP contribution >= 0.6 is 0 Å². The maximum Gasteiger partial charge on any atom is 4.00 e. The Bertz CT molecular complexity index is 196. The number of hydrogen-bond acceptors (Lipinski definition) is 10. The molecule has 0 aromatic heterocycles. The van der Waals surface area contributed by atoms with Crippen LogP contribution in [-0.4, -0.2) is 35.6 Å². The first-order valence-electron chi connectivity index (χ1n) is 2.45. The maximum atomic E-state index is 9.06. The van der Waals surface area contributed by atoms with Gasteiger partial charge in [0.15, 0.2) is 0 Å². The van der Waals surface area contributed by atoms with E-state index in [4.69, 9.17) is 39.6 Å². The Hall–Kier alpha value is -2.30. The summed E-state index contributed by atoms with van der Waals surface area (Å²) < 4.78 is 5.72. The molecular weight excluding hydrogens is 236 g/mol. The minimum Gasteiger partial charge on any atom is -0.483 e. The van der Waals surface area contributed by atoms with Crippen molar-refractivity contribution >= 4 is 35.6 Å². The monoisotopic (exact) mass is 236 g/mol. The van der Waals surface area contributed by atoms with Crippen molar-refractivity contribution in [1.29, 1.82) is 0 Å². The first-order chi connectivity index (χ1) is 6.25. The van der Waals surface area contributed by atoms with Gasteiger partial charge in [-0.15, -0.1) is 0 Å². The van der Waals surface area contributed by atoms with Crippen LogP contribution in [0.3, 0.4) is 0 Å². The van der Waals surface area contributed by atoms with Gasteiger partial charge in [-0.05, 0) is 0 Å². The Morgan fingerprint density at radius 1 is 0.600 bits per heavy atom. The van der Waals surface area contributed by atoms with E-state index in [1.165, 1.54) is 0 Å². The van der Waals surface area contributed by atoms with E-state index in [0.29, 0.717) is 0 Å². The van der Waals surface area contributed by atoms with Gasteiger partial charge in [-0.25, -0.2) is 0 Å². The van der Waals surface area contributed by atoms with Crippen LogP contribution in [-0.2, 0) is 9.47 Å². The fourth-order valence-corrected chi connectivity index (χ4v) is 0.136. The zero-order chi connectivity index (χ0) is 11.7. The molecule has 0 aromatic carbocycles. The van der Waals surface area contributed by atoms with Gasteiger partial charge in [-0.1, -0.05) is 0 Å². The second-order valence-corrected chi connectivity index (χ2v) is 1.20. The van der Waals surface area contributed by atoms with E-state index >= 15 is 0 Å². The molecule has 0 amide bonds. The van der Waals surface area contributed by atoms with Crippen molar-refractivity contribution in [1.82, 2.24) is 0 Å². The Morgan fingerprint density at radius 3 is 0.733 bits per heavy atom. The van der Waals surface area contributed by atoms with E-state index < -0.39 is 24.6 Å². The number of carbonyl (C=O) groups excluding carboxylic acids is 4. The zero-order valence-electron chi connectivity index (χ0n) is 6.58. The second kappa shape index (κ2) is 9.78. The summed E-state index contributed by atoms with van der Waals surface area (Å²) in [5.41, 5.74) is 0. The standard InChI is InChI=1S/2C2H2O5.Si/c2*3-1(4)7-2(5)6;/h2*(H,3,4)(H,5,6);/q;;+4/p-4. The molecule has 80 valence electrons. The second-order valence-electron chi connectivity index (χ2n) is 1.20. The molecule has 0 aliphatic rings. The van der Waals surface area contributed by atoms with Crippen molar-refractivity contribution in [2.24, 2.45) is 0 Å². The molecule has 0 spiro atoms. The first kappa shape index (κ1) is 18.5. The molecule has 15 heavy (non-hydrogen) atoms. The fourth-order valence-electron chi connectivity index (χ4n) is 0.136. The van der Waals surface area contributed by atoms with Crippen LogP contribution in [0.15, 0.2) is 0 Å². The molecule has 0 radical (unpaired) electrons. The van der Waals surface area contributed by atoms with Gasteiger partial charge in [0, 0.05) is 0 Å². The molecule has 0 heterocycles. The van der Waals surface area contributed by atoms with E-state index in [0.717, 1.165) is 0 Å². The predicted molar refractivity (Wildman–Crippen MR) is 29.5 cm³/mol. The van der Waals surface area contributed by atoms with Gasteiger partial charge in [0.25, 0.3) is 24.6 Å². The molecule has 0 atom stereocenters. The van der Waals surface area contributed by atoms with Crippen molar-refractivity contribution in [3.63, 3.8) is 0 Å². The molecule has 0 rings (SSSR count). The van der Waals surface area contributed by atoms with Crippen molar-refractivity contribution in [2.75, 3.05) is 0 Å². The molecule has 0 unspecified atom stereocenters. The SMILES string of the molecule is O=C([O-])OC(=O)[O-].O=C([O-])OC(=O)[O-].[Si+4]. The molecule has 0 N–H and O–H groups in total. The van der Waals surface area contributed by atoms with Gasteiger partial charge >= 0.3 is 11.0 Å². The first-order valence-corrected chi connectivity index (χ1v) is 2.45. The van der Waals surface area contributed by atoms with E-state index in [-0.39, 0.29) is 11.0 Å². The Labute approximate surface area is 85.7 Å². The van der Waals surface area contributed by atoms with Crippen LogP contribution in [0, 0.1) is 0 Å². The van der Waals surface area contributed by atoms with E-state index in [1.807, 2.05) is 0 Å². The van der Waals surface area contributed by atoms with Gasteiger partial charge < -0.3 is 49.1 Å². The number of carboxylic acid groups (broad SMARTS) is 4. The van der Waals surface area contributed by atoms with Crippen LogP contribution in [0.1, 0.15) is 0 Å². The molecule has 0 saturated carbocycles. The number of rotatable bonds is 0. The fraction of sp³-hybridized carbons (Fsp3) is 0. The number of ether oxygens (including phenoxy) is 2. The van der Waals surface area contributed by atoms with Crippen LogP contribution < -0.4 is 20.4 Å². The average molecular weight is 236 g/mol. The average Bonchev–Trinajstić information content (AvgIpc) is 1.79. The minimum atomic E-state index is -2.12. The molecule has 0 aliphatic carbocycles. The molecule has 10 nitrogen and oxygen atoms in total. The third-order valence-electron chi connectivity index (χ3n) is 0.333. The minimum absolute atomic E-state index is 0. The Balaban J connectivity index is -0.000000180. The van der Waals surface area contributed by atoms with Gasteiger partial charge in [-0.2, -0.15) is 0 Å². The third kappa shape index (κ3) is 33.9. The zero-order valence-corrected chi connectivity index (χ0v) is 7.58. The summed E-state index contributed by atoms with van der Waals surface area (Å²) >= 11 is 0. The van der Waals surface area contributed by atoms with E-state index in [9.17, 15) is 0 Å². The van der Waals surface area contributed by atoms with Gasteiger partial charge in [0.1, 0.15) is 0 Å². The summed E-state index contributed by atoms with van der Waals surface area (Å²) in [4.78, 5) is 36.2. The van der Waals surface area contributed by atoms with E-state index in [1.54, 1.807) is 0 Å². The quantitative estimate of drug-likeness (QED) is 0.224. The molecular formula is C4O10Si. The predicted octanol–water partition coefficient (Wildman–Crippen LogP) is -5.00. The largest absolute Gasteiger partial charge is 4.00 e. The van der Waals surface area contributed by atoms with Crippen LogP contribution in [0.4, 0.5) is 19.2 Å². The van der Waals surface area contributed by atoms with Crippen LogP contribution in [0.25, 0.3) is 0 Å². The smallest absolute Gasteiger partial charge is 0.483 e. The summed E-state index contributed by atoms with van der Waals surface area (Å²) in [5.74, 6) is 0. The summed E-state index contributed by atoms with van der Waals surface area (Å²) in [6, 6.07) is 0. The number of carbonyl (C=O) groups is 4. The van der Waals surface area contributed by atoms with Crippen molar-refractivity contribution in [3.8, 4) is 0 Å². The molecule has 0 aliphatic heterocycles.